The first-order valence-corrected chi connectivity index (χ1v) is 9.00. The molecule has 122 valence electrons. The van der Waals surface area contributed by atoms with Crippen molar-refractivity contribution in [2.24, 2.45) is 0 Å². The van der Waals surface area contributed by atoms with E-state index in [1.54, 1.807) is 22.3 Å². The third-order valence-corrected chi connectivity index (χ3v) is 5.14. The molecule has 1 aliphatic heterocycles. The minimum absolute atomic E-state index is 0.123. The van der Waals surface area contributed by atoms with Crippen molar-refractivity contribution >= 4 is 23.3 Å². The summed E-state index contributed by atoms with van der Waals surface area (Å²) in [4.78, 5) is 20.1. The highest BCUT2D eigenvalue weighted by Gasteiger charge is 2.28. The second-order valence-electron chi connectivity index (χ2n) is 5.87. The Morgan fingerprint density at radius 3 is 3.09 bits per heavy atom. The molecule has 0 bridgehead atoms. The van der Waals surface area contributed by atoms with Crippen molar-refractivity contribution < 1.29 is 4.79 Å². The molecular weight excluding hydrogens is 308 g/mol. The van der Waals surface area contributed by atoms with Crippen LogP contribution in [0.4, 0.5) is 0 Å². The first kappa shape index (κ1) is 15.9. The maximum Gasteiger partial charge on any atom is 0.247 e. The molecule has 3 heterocycles. The minimum Gasteiger partial charge on any atom is -0.334 e. The van der Waals surface area contributed by atoms with Crippen LogP contribution in [0, 0.1) is 0 Å². The summed E-state index contributed by atoms with van der Waals surface area (Å²) in [5, 5.41) is 6.18. The zero-order valence-electron chi connectivity index (χ0n) is 13.3. The maximum atomic E-state index is 12.9. The van der Waals surface area contributed by atoms with Gasteiger partial charge in [-0.1, -0.05) is 25.0 Å². The fourth-order valence-corrected chi connectivity index (χ4v) is 3.60. The SMILES string of the molecule is CC(C(=O)N1CCCCCC1/C=C/c1cccs1)n1cncn1. The van der Waals surface area contributed by atoms with Crippen molar-refractivity contribution in [2.75, 3.05) is 6.54 Å². The molecule has 2 unspecified atom stereocenters. The summed E-state index contributed by atoms with van der Waals surface area (Å²) in [5.41, 5.74) is 0. The average molecular weight is 330 g/mol. The Hall–Kier alpha value is -1.95. The molecule has 1 saturated heterocycles. The molecule has 5 nitrogen and oxygen atoms in total. The molecule has 0 spiro atoms. The third kappa shape index (κ3) is 3.88. The topological polar surface area (TPSA) is 51.0 Å². The highest BCUT2D eigenvalue weighted by Crippen LogP contribution is 2.22. The normalized spacial score (nSPS) is 20.6. The molecule has 6 heteroatoms. The zero-order valence-corrected chi connectivity index (χ0v) is 14.2. The smallest absolute Gasteiger partial charge is 0.247 e. The number of nitrogens with zero attached hydrogens (tertiary/aromatic N) is 4. The second kappa shape index (κ2) is 7.55. The number of likely N-dealkylation sites (tertiary alicyclic amines) is 1. The van der Waals surface area contributed by atoms with Crippen LogP contribution in [0.15, 0.2) is 36.2 Å². The van der Waals surface area contributed by atoms with Crippen LogP contribution in [0.1, 0.15) is 43.5 Å². The first-order valence-electron chi connectivity index (χ1n) is 8.12. The predicted octanol–water partition coefficient (Wildman–Crippen LogP) is 3.39. The van der Waals surface area contributed by atoms with Crippen molar-refractivity contribution in [2.45, 2.75) is 44.7 Å². The number of hydrogen-bond acceptors (Lipinski definition) is 4. The maximum absolute atomic E-state index is 12.9. The fourth-order valence-electron chi connectivity index (χ4n) is 2.97. The molecule has 0 saturated carbocycles. The molecule has 0 aromatic carbocycles. The van der Waals surface area contributed by atoms with Crippen LogP contribution in [-0.2, 0) is 4.79 Å². The quantitative estimate of drug-likeness (QED) is 0.863. The van der Waals surface area contributed by atoms with E-state index in [4.69, 9.17) is 0 Å². The Labute approximate surface area is 140 Å². The molecular formula is C17H22N4OS. The van der Waals surface area contributed by atoms with Gasteiger partial charge >= 0.3 is 0 Å². The van der Waals surface area contributed by atoms with E-state index in [9.17, 15) is 4.79 Å². The zero-order chi connectivity index (χ0) is 16.1. The van der Waals surface area contributed by atoms with Crippen LogP contribution in [-0.4, -0.2) is 38.2 Å². The van der Waals surface area contributed by atoms with E-state index in [1.165, 1.54) is 24.0 Å². The van der Waals surface area contributed by atoms with Gasteiger partial charge in [0, 0.05) is 11.4 Å². The van der Waals surface area contributed by atoms with Crippen LogP contribution in [0.2, 0.25) is 0 Å². The molecule has 23 heavy (non-hydrogen) atoms. The van der Waals surface area contributed by atoms with Crippen LogP contribution >= 0.6 is 11.3 Å². The van der Waals surface area contributed by atoms with Crippen molar-refractivity contribution in [3.63, 3.8) is 0 Å². The number of carbonyl (C=O) groups excluding carboxylic acids is 1. The summed E-state index contributed by atoms with van der Waals surface area (Å²) in [6, 6.07) is 4.00. The Balaban J connectivity index is 1.76. The number of thiophene rings is 1. The summed E-state index contributed by atoms with van der Waals surface area (Å²) < 4.78 is 1.63. The lowest BCUT2D eigenvalue weighted by molar-refractivity contribution is -0.136. The molecule has 3 rings (SSSR count). The summed E-state index contributed by atoms with van der Waals surface area (Å²) in [7, 11) is 0. The van der Waals surface area contributed by atoms with Gasteiger partial charge in [0.25, 0.3) is 0 Å². The lowest BCUT2D eigenvalue weighted by Gasteiger charge is -2.30. The first-order chi connectivity index (χ1) is 11.3. The van der Waals surface area contributed by atoms with Gasteiger partial charge in [0.2, 0.25) is 5.91 Å². The lowest BCUT2D eigenvalue weighted by Crippen LogP contribution is -2.42. The van der Waals surface area contributed by atoms with Crippen molar-refractivity contribution in [1.29, 1.82) is 0 Å². The Morgan fingerprint density at radius 1 is 1.43 bits per heavy atom. The number of carbonyl (C=O) groups is 1. The third-order valence-electron chi connectivity index (χ3n) is 4.30. The monoisotopic (exact) mass is 330 g/mol. The highest BCUT2D eigenvalue weighted by molar-refractivity contribution is 7.10. The van der Waals surface area contributed by atoms with Gasteiger partial charge in [-0.05, 0) is 37.3 Å². The van der Waals surface area contributed by atoms with E-state index in [0.29, 0.717) is 0 Å². The largest absolute Gasteiger partial charge is 0.334 e. The standard InChI is InChI=1S/C17H22N4OS/c1-14(21-13-18-12-19-21)17(22)20-10-4-2-3-6-15(20)8-9-16-7-5-11-23-16/h5,7-9,11-15H,2-4,6,10H2,1H3/b9-8+. The lowest BCUT2D eigenvalue weighted by atomic mass is 10.1. The molecule has 1 fully saturated rings. The van der Waals surface area contributed by atoms with E-state index >= 15 is 0 Å². The summed E-state index contributed by atoms with van der Waals surface area (Å²) in [6.45, 7) is 2.71. The molecule has 2 atom stereocenters. The summed E-state index contributed by atoms with van der Waals surface area (Å²) >= 11 is 1.72. The van der Waals surface area contributed by atoms with E-state index in [2.05, 4.69) is 33.7 Å². The van der Waals surface area contributed by atoms with Crippen molar-refractivity contribution in [1.82, 2.24) is 19.7 Å². The molecule has 0 aliphatic carbocycles. The number of hydrogen-bond donors (Lipinski definition) is 0. The number of amides is 1. The molecule has 0 N–H and O–H groups in total. The van der Waals surface area contributed by atoms with Gasteiger partial charge in [-0.25, -0.2) is 9.67 Å². The molecule has 0 radical (unpaired) electrons. The Kier molecular flexibility index (Phi) is 5.23. The second-order valence-corrected chi connectivity index (χ2v) is 6.85. The minimum atomic E-state index is -0.312. The van der Waals surface area contributed by atoms with Gasteiger partial charge in [-0.3, -0.25) is 4.79 Å². The van der Waals surface area contributed by atoms with Gasteiger partial charge in [0.1, 0.15) is 18.7 Å². The number of rotatable bonds is 4. The van der Waals surface area contributed by atoms with E-state index < -0.39 is 0 Å². The fraction of sp³-hybridized carbons (Fsp3) is 0.471. The molecule has 2 aromatic rings. The molecule has 2 aromatic heterocycles. The van der Waals surface area contributed by atoms with Gasteiger partial charge in [0.05, 0.1) is 6.04 Å². The highest BCUT2D eigenvalue weighted by atomic mass is 32.1. The van der Waals surface area contributed by atoms with Crippen molar-refractivity contribution in [3.05, 3.63) is 41.1 Å². The van der Waals surface area contributed by atoms with Crippen LogP contribution < -0.4 is 0 Å². The van der Waals surface area contributed by atoms with Gasteiger partial charge in [-0.15, -0.1) is 11.3 Å². The van der Waals surface area contributed by atoms with Gasteiger partial charge in [-0.2, -0.15) is 5.10 Å². The summed E-state index contributed by atoms with van der Waals surface area (Å²) in [5.74, 6) is 0.123. The predicted molar refractivity (Wildman–Crippen MR) is 92.1 cm³/mol. The van der Waals surface area contributed by atoms with Crippen LogP contribution in [0.3, 0.4) is 0 Å². The molecule has 1 aliphatic rings. The van der Waals surface area contributed by atoms with E-state index in [1.807, 2.05) is 17.9 Å². The van der Waals surface area contributed by atoms with Crippen LogP contribution in [0.25, 0.3) is 6.08 Å². The Morgan fingerprint density at radius 2 is 2.35 bits per heavy atom. The molecule has 1 amide bonds. The van der Waals surface area contributed by atoms with E-state index in [0.717, 1.165) is 19.4 Å². The van der Waals surface area contributed by atoms with Gasteiger partial charge < -0.3 is 4.90 Å². The van der Waals surface area contributed by atoms with Crippen molar-refractivity contribution in [3.8, 4) is 0 Å². The average Bonchev–Trinajstić information content (AvgIpc) is 3.22. The number of aromatic nitrogens is 3. The van der Waals surface area contributed by atoms with E-state index in [-0.39, 0.29) is 18.0 Å². The van der Waals surface area contributed by atoms with Gasteiger partial charge in [0.15, 0.2) is 0 Å². The Bertz CT molecular complexity index is 636. The summed E-state index contributed by atoms with van der Waals surface area (Å²) in [6.07, 6.45) is 11.9. The van der Waals surface area contributed by atoms with Crippen LogP contribution in [0.5, 0.6) is 0 Å².